The van der Waals surface area contributed by atoms with Crippen molar-refractivity contribution in [1.29, 1.82) is 0 Å². The Bertz CT molecular complexity index is 384. The van der Waals surface area contributed by atoms with Crippen LogP contribution in [0.4, 0.5) is 5.69 Å². The third kappa shape index (κ3) is 3.40. The Morgan fingerprint density at radius 3 is 2.80 bits per heavy atom. The first-order valence-electron chi connectivity index (χ1n) is 4.39. The third-order valence-electron chi connectivity index (χ3n) is 1.83. The van der Waals surface area contributed by atoms with Gasteiger partial charge in [-0.25, -0.2) is 0 Å². The molecule has 0 aliphatic heterocycles. The van der Waals surface area contributed by atoms with Gasteiger partial charge in [-0.05, 0) is 35.2 Å². The van der Waals surface area contributed by atoms with Gasteiger partial charge >= 0.3 is 0 Å². The summed E-state index contributed by atoms with van der Waals surface area (Å²) in [6, 6.07) is 5.50. The van der Waals surface area contributed by atoms with Crippen molar-refractivity contribution in [3.8, 4) is 5.75 Å². The Kier molecular flexibility index (Phi) is 4.37. The highest BCUT2D eigenvalue weighted by molar-refractivity contribution is 9.11. The average molecular weight is 270 g/mol. The molecule has 0 fully saturated rings. The summed E-state index contributed by atoms with van der Waals surface area (Å²) in [7, 11) is 1.59. The number of allylic oxidation sites excluding steroid dienone is 1. The zero-order valence-electron chi connectivity index (χ0n) is 8.58. The normalized spacial score (nSPS) is 11.0. The van der Waals surface area contributed by atoms with E-state index in [0.29, 0.717) is 12.2 Å². The highest BCUT2D eigenvalue weighted by Gasteiger charge is 2.01. The molecule has 0 aromatic heterocycles. The first kappa shape index (κ1) is 11.8. The van der Waals surface area contributed by atoms with E-state index in [4.69, 9.17) is 4.74 Å². The number of rotatable bonds is 4. The lowest BCUT2D eigenvalue weighted by molar-refractivity contribution is -0.105. The zero-order valence-corrected chi connectivity index (χ0v) is 10.2. The van der Waals surface area contributed by atoms with Gasteiger partial charge in [-0.2, -0.15) is 0 Å². The van der Waals surface area contributed by atoms with Gasteiger partial charge in [0.15, 0.2) is 0 Å². The number of nitrogens with one attached hydrogen (secondary N) is 1. The molecule has 1 aromatic carbocycles. The van der Waals surface area contributed by atoms with Crippen molar-refractivity contribution < 1.29 is 9.53 Å². The lowest BCUT2D eigenvalue weighted by Crippen LogP contribution is -1.97. The SMILES string of the molecule is COc1ccc(/C=C(\C)Br)c(NC=O)c1. The van der Waals surface area contributed by atoms with Gasteiger partial charge < -0.3 is 10.1 Å². The van der Waals surface area contributed by atoms with E-state index in [1.807, 2.05) is 25.1 Å². The van der Waals surface area contributed by atoms with E-state index in [1.165, 1.54) is 0 Å². The summed E-state index contributed by atoms with van der Waals surface area (Å²) < 4.78 is 6.06. The van der Waals surface area contributed by atoms with Crippen molar-refractivity contribution in [2.75, 3.05) is 12.4 Å². The minimum absolute atomic E-state index is 0.648. The van der Waals surface area contributed by atoms with E-state index in [1.54, 1.807) is 13.2 Å². The maximum Gasteiger partial charge on any atom is 0.211 e. The molecule has 0 aliphatic rings. The van der Waals surface area contributed by atoms with Crippen LogP contribution in [0.3, 0.4) is 0 Å². The average Bonchev–Trinajstić information content (AvgIpc) is 2.20. The van der Waals surface area contributed by atoms with Gasteiger partial charge in [-0.1, -0.05) is 15.9 Å². The summed E-state index contributed by atoms with van der Waals surface area (Å²) in [6.45, 7) is 1.93. The number of carbonyl (C=O) groups excluding carboxylic acids is 1. The summed E-state index contributed by atoms with van der Waals surface area (Å²) in [6.07, 6.45) is 2.57. The molecule has 0 saturated carbocycles. The van der Waals surface area contributed by atoms with Crippen LogP contribution in [0.2, 0.25) is 0 Å². The Labute approximate surface area is 97.3 Å². The van der Waals surface area contributed by atoms with Gasteiger partial charge in [0.05, 0.1) is 12.8 Å². The Morgan fingerprint density at radius 2 is 2.27 bits per heavy atom. The fraction of sp³-hybridized carbons (Fsp3) is 0.182. The molecule has 0 unspecified atom stereocenters. The standard InChI is InChI=1S/C11H12BrNO2/c1-8(12)5-9-3-4-10(15-2)6-11(9)13-7-14/h3-7H,1-2H3,(H,13,14)/b8-5+. The molecule has 0 aliphatic carbocycles. The van der Waals surface area contributed by atoms with Gasteiger partial charge in [-0.3, -0.25) is 4.79 Å². The maximum absolute atomic E-state index is 10.4. The maximum atomic E-state index is 10.4. The lowest BCUT2D eigenvalue weighted by atomic mass is 10.1. The number of anilines is 1. The topological polar surface area (TPSA) is 38.3 Å². The fourth-order valence-electron chi connectivity index (χ4n) is 1.19. The molecule has 0 saturated heterocycles. The van der Waals surface area contributed by atoms with Crippen molar-refractivity contribution in [1.82, 2.24) is 0 Å². The predicted molar refractivity (Wildman–Crippen MR) is 65.3 cm³/mol. The third-order valence-corrected chi connectivity index (χ3v) is 2.06. The molecule has 0 radical (unpaired) electrons. The van der Waals surface area contributed by atoms with Crippen molar-refractivity contribution in [3.05, 3.63) is 28.2 Å². The second-order valence-corrected chi connectivity index (χ2v) is 4.20. The first-order chi connectivity index (χ1) is 7.17. The van der Waals surface area contributed by atoms with E-state index in [-0.39, 0.29) is 0 Å². The number of carbonyl (C=O) groups is 1. The van der Waals surface area contributed by atoms with E-state index in [2.05, 4.69) is 21.2 Å². The molecule has 4 heteroatoms. The van der Waals surface area contributed by atoms with Crippen LogP contribution in [0.25, 0.3) is 6.08 Å². The molecule has 1 amide bonds. The van der Waals surface area contributed by atoms with Crippen molar-refractivity contribution in [2.24, 2.45) is 0 Å². The second kappa shape index (κ2) is 5.56. The van der Waals surface area contributed by atoms with Crippen LogP contribution >= 0.6 is 15.9 Å². The minimum Gasteiger partial charge on any atom is -0.497 e. The fourth-order valence-corrected chi connectivity index (χ4v) is 1.44. The quantitative estimate of drug-likeness (QED) is 0.854. The smallest absolute Gasteiger partial charge is 0.211 e. The number of benzene rings is 1. The molecule has 80 valence electrons. The molecular weight excluding hydrogens is 258 g/mol. The van der Waals surface area contributed by atoms with Crippen LogP contribution in [0.5, 0.6) is 5.75 Å². The van der Waals surface area contributed by atoms with Gasteiger partial charge in [0.25, 0.3) is 0 Å². The van der Waals surface area contributed by atoms with Crippen molar-refractivity contribution in [3.63, 3.8) is 0 Å². The first-order valence-corrected chi connectivity index (χ1v) is 5.18. The molecule has 0 atom stereocenters. The van der Waals surface area contributed by atoms with Crippen LogP contribution in [0.1, 0.15) is 12.5 Å². The van der Waals surface area contributed by atoms with Gasteiger partial charge in [-0.15, -0.1) is 0 Å². The summed E-state index contributed by atoms with van der Waals surface area (Å²) in [5.41, 5.74) is 1.65. The number of halogens is 1. The summed E-state index contributed by atoms with van der Waals surface area (Å²) >= 11 is 3.35. The molecule has 0 spiro atoms. The van der Waals surface area contributed by atoms with Crippen LogP contribution < -0.4 is 10.1 Å². The molecule has 1 N–H and O–H groups in total. The lowest BCUT2D eigenvalue weighted by Gasteiger charge is -2.07. The zero-order chi connectivity index (χ0) is 11.3. The van der Waals surface area contributed by atoms with E-state index >= 15 is 0 Å². The Hall–Kier alpha value is -1.29. The molecule has 0 heterocycles. The number of amides is 1. The number of ether oxygens (including phenoxy) is 1. The Morgan fingerprint density at radius 1 is 1.53 bits per heavy atom. The summed E-state index contributed by atoms with van der Waals surface area (Å²) in [5.74, 6) is 0.712. The van der Waals surface area contributed by atoms with Gasteiger partial charge in [0.2, 0.25) is 6.41 Å². The second-order valence-electron chi connectivity index (χ2n) is 2.95. The van der Waals surface area contributed by atoms with Crippen molar-refractivity contribution in [2.45, 2.75) is 6.92 Å². The number of hydrogen-bond acceptors (Lipinski definition) is 2. The highest BCUT2D eigenvalue weighted by Crippen LogP contribution is 2.25. The molecule has 1 aromatic rings. The van der Waals surface area contributed by atoms with Gasteiger partial charge in [0.1, 0.15) is 5.75 Å². The van der Waals surface area contributed by atoms with Crippen LogP contribution in [-0.4, -0.2) is 13.5 Å². The molecular formula is C11H12BrNO2. The molecule has 0 bridgehead atoms. The highest BCUT2D eigenvalue weighted by atomic mass is 79.9. The predicted octanol–water partition coefficient (Wildman–Crippen LogP) is 3.02. The molecule has 15 heavy (non-hydrogen) atoms. The number of methoxy groups -OCH3 is 1. The van der Waals surface area contributed by atoms with E-state index in [9.17, 15) is 4.79 Å². The monoisotopic (exact) mass is 269 g/mol. The summed E-state index contributed by atoms with van der Waals surface area (Å²) in [5, 5.41) is 2.63. The van der Waals surface area contributed by atoms with E-state index in [0.717, 1.165) is 15.7 Å². The van der Waals surface area contributed by atoms with Gasteiger partial charge in [0, 0.05) is 6.07 Å². The largest absolute Gasteiger partial charge is 0.497 e. The van der Waals surface area contributed by atoms with Crippen LogP contribution in [0, 0.1) is 0 Å². The molecule has 1 rings (SSSR count). The van der Waals surface area contributed by atoms with Crippen LogP contribution in [0.15, 0.2) is 22.7 Å². The van der Waals surface area contributed by atoms with E-state index < -0.39 is 0 Å². The number of hydrogen-bond donors (Lipinski definition) is 1. The Balaban J connectivity index is 3.14. The van der Waals surface area contributed by atoms with Crippen molar-refractivity contribution >= 4 is 34.1 Å². The molecule has 3 nitrogen and oxygen atoms in total. The van der Waals surface area contributed by atoms with Crippen LogP contribution in [-0.2, 0) is 4.79 Å². The minimum atomic E-state index is 0.648. The summed E-state index contributed by atoms with van der Waals surface area (Å²) in [4.78, 5) is 10.4.